The quantitative estimate of drug-likeness (QED) is 0.214. The van der Waals surface area contributed by atoms with Gasteiger partial charge < -0.3 is 19.3 Å². The molecular weight excluding hydrogens is 440 g/mol. The Hall–Kier alpha value is -2.17. The largest absolute Gasteiger partial charge is 0.391 e. The standard InChI is InChI=1S/C25H40N2O7/c1-4-24(30)18-34-14-13-33-12-11-32-10-9-21-6-7-22(17-28)23(15-21)16-27(3)20(2)5-8-25(31)26-19-29/h6-7,15,17,19-20,24,30H,4-5,8-14,16,18H2,1-3H3,(H,26,29,31). The molecule has 0 fully saturated rings. The minimum absolute atomic E-state index is 0.103. The van der Waals surface area contributed by atoms with Crippen molar-refractivity contribution in [1.29, 1.82) is 0 Å². The maximum absolute atomic E-state index is 11.5. The molecule has 1 aromatic rings. The highest BCUT2D eigenvalue weighted by atomic mass is 16.5. The zero-order chi connectivity index (χ0) is 25.2. The van der Waals surface area contributed by atoms with E-state index in [0.717, 1.165) is 23.8 Å². The first-order chi connectivity index (χ1) is 16.4. The fourth-order valence-corrected chi connectivity index (χ4v) is 3.16. The second kappa shape index (κ2) is 18.2. The predicted octanol–water partition coefficient (Wildman–Crippen LogP) is 1.74. The van der Waals surface area contributed by atoms with Crippen molar-refractivity contribution in [2.45, 2.75) is 58.2 Å². The van der Waals surface area contributed by atoms with Crippen LogP contribution >= 0.6 is 0 Å². The first-order valence-corrected chi connectivity index (χ1v) is 11.8. The third kappa shape index (κ3) is 12.9. The lowest BCUT2D eigenvalue weighted by Crippen LogP contribution is -2.31. The number of ether oxygens (including phenoxy) is 3. The third-order valence-electron chi connectivity index (χ3n) is 5.58. The Morgan fingerprint density at radius 3 is 2.44 bits per heavy atom. The van der Waals surface area contributed by atoms with E-state index in [4.69, 9.17) is 14.2 Å². The van der Waals surface area contributed by atoms with E-state index < -0.39 is 6.10 Å². The number of carbonyl (C=O) groups excluding carboxylic acids is 3. The molecule has 2 unspecified atom stereocenters. The van der Waals surface area contributed by atoms with E-state index in [1.54, 1.807) is 0 Å². The van der Waals surface area contributed by atoms with Gasteiger partial charge in [0.2, 0.25) is 12.3 Å². The van der Waals surface area contributed by atoms with Crippen molar-refractivity contribution in [2.24, 2.45) is 0 Å². The minimum atomic E-state index is -0.421. The van der Waals surface area contributed by atoms with Gasteiger partial charge >= 0.3 is 0 Å². The van der Waals surface area contributed by atoms with Crippen LogP contribution in [-0.2, 0) is 36.8 Å². The van der Waals surface area contributed by atoms with Gasteiger partial charge in [0.05, 0.1) is 45.7 Å². The molecule has 0 saturated heterocycles. The summed E-state index contributed by atoms with van der Waals surface area (Å²) in [7, 11) is 1.95. The molecule has 0 aliphatic carbocycles. The normalized spacial score (nSPS) is 13.0. The molecule has 1 rings (SSSR count). The summed E-state index contributed by atoms with van der Waals surface area (Å²) in [4.78, 5) is 35.4. The molecule has 9 nitrogen and oxygen atoms in total. The molecule has 0 spiro atoms. The summed E-state index contributed by atoms with van der Waals surface area (Å²) in [6.07, 6.45) is 3.09. The summed E-state index contributed by atoms with van der Waals surface area (Å²) in [5, 5.41) is 11.5. The summed E-state index contributed by atoms with van der Waals surface area (Å²) in [5.41, 5.74) is 2.65. The number of aliphatic hydroxyl groups excluding tert-OH is 1. The summed E-state index contributed by atoms with van der Waals surface area (Å²) in [6, 6.07) is 5.88. The Bertz CT molecular complexity index is 729. The van der Waals surface area contributed by atoms with Gasteiger partial charge in [-0.1, -0.05) is 25.1 Å². The van der Waals surface area contributed by atoms with Gasteiger partial charge in [0.15, 0.2) is 0 Å². The van der Waals surface area contributed by atoms with E-state index in [2.05, 4.69) is 10.2 Å². The molecular formula is C25H40N2O7. The molecule has 2 amide bonds. The van der Waals surface area contributed by atoms with Gasteiger partial charge in [-0.25, -0.2) is 0 Å². The molecule has 0 aliphatic heterocycles. The maximum Gasteiger partial charge on any atom is 0.226 e. The average Bonchev–Trinajstić information content (AvgIpc) is 2.83. The van der Waals surface area contributed by atoms with E-state index in [0.29, 0.717) is 71.0 Å². The number of hydrogen-bond acceptors (Lipinski definition) is 8. The highest BCUT2D eigenvalue weighted by Gasteiger charge is 2.14. The van der Waals surface area contributed by atoms with E-state index in [1.807, 2.05) is 39.1 Å². The first kappa shape index (κ1) is 29.9. The van der Waals surface area contributed by atoms with E-state index in [-0.39, 0.29) is 18.4 Å². The summed E-state index contributed by atoms with van der Waals surface area (Å²) < 4.78 is 16.4. The monoisotopic (exact) mass is 480 g/mol. The molecule has 0 bridgehead atoms. The van der Waals surface area contributed by atoms with E-state index >= 15 is 0 Å². The smallest absolute Gasteiger partial charge is 0.226 e. The van der Waals surface area contributed by atoms with Crippen LogP contribution in [0.15, 0.2) is 18.2 Å². The predicted molar refractivity (Wildman–Crippen MR) is 129 cm³/mol. The van der Waals surface area contributed by atoms with Crippen LogP contribution in [0.1, 0.15) is 54.6 Å². The number of carbonyl (C=O) groups is 3. The van der Waals surface area contributed by atoms with Crippen LogP contribution in [0.4, 0.5) is 0 Å². The van der Waals surface area contributed by atoms with Crippen LogP contribution in [0.5, 0.6) is 0 Å². The summed E-state index contributed by atoms with van der Waals surface area (Å²) in [6.45, 7) is 7.22. The van der Waals surface area contributed by atoms with Gasteiger partial charge in [-0.3, -0.25) is 24.6 Å². The van der Waals surface area contributed by atoms with E-state index in [1.165, 1.54) is 0 Å². The number of aldehydes is 1. The van der Waals surface area contributed by atoms with Crippen molar-refractivity contribution in [3.63, 3.8) is 0 Å². The molecule has 1 aromatic carbocycles. The average molecular weight is 481 g/mol. The lowest BCUT2D eigenvalue weighted by atomic mass is 10.0. The van der Waals surface area contributed by atoms with Crippen LogP contribution < -0.4 is 5.32 Å². The molecule has 0 heterocycles. The number of nitrogens with one attached hydrogen (secondary N) is 1. The molecule has 0 saturated carbocycles. The number of amides is 2. The number of benzene rings is 1. The van der Waals surface area contributed by atoms with E-state index in [9.17, 15) is 19.5 Å². The van der Waals surface area contributed by atoms with Crippen LogP contribution in [0.2, 0.25) is 0 Å². The zero-order valence-corrected chi connectivity index (χ0v) is 20.7. The minimum Gasteiger partial charge on any atom is -0.391 e. The SMILES string of the molecule is CCC(O)COCCOCCOCCc1ccc(C=O)c(CN(C)C(C)CCC(=O)NC=O)c1. The van der Waals surface area contributed by atoms with Crippen molar-refractivity contribution >= 4 is 18.6 Å². The maximum atomic E-state index is 11.5. The molecule has 2 atom stereocenters. The Kier molecular flexibility index (Phi) is 16.0. The molecule has 0 radical (unpaired) electrons. The number of nitrogens with zero attached hydrogens (tertiary/aromatic N) is 1. The van der Waals surface area contributed by atoms with Gasteiger partial charge in [0, 0.05) is 24.6 Å². The Morgan fingerprint density at radius 2 is 1.79 bits per heavy atom. The number of rotatable bonds is 20. The van der Waals surface area contributed by atoms with Gasteiger partial charge in [0.1, 0.15) is 6.29 Å². The lowest BCUT2D eigenvalue weighted by molar-refractivity contribution is -0.125. The molecule has 34 heavy (non-hydrogen) atoms. The van der Waals surface area contributed by atoms with Crippen molar-refractivity contribution in [1.82, 2.24) is 10.2 Å². The first-order valence-electron chi connectivity index (χ1n) is 11.8. The highest BCUT2D eigenvalue weighted by molar-refractivity contribution is 5.85. The van der Waals surface area contributed by atoms with Crippen LogP contribution in [0, 0.1) is 0 Å². The summed E-state index contributed by atoms with van der Waals surface area (Å²) >= 11 is 0. The number of hydrogen-bond donors (Lipinski definition) is 2. The fraction of sp³-hybridized carbons (Fsp3) is 0.640. The van der Waals surface area contributed by atoms with Gasteiger partial charge in [-0.15, -0.1) is 0 Å². The number of aliphatic hydroxyl groups is 1. The van der Waals surface area contributed by atoms with Crippen LogP contribution in [0.25, 0.3) is 0 Å². The van der Waals surface area contributed by atoms with Gasteiger partial charge in [-0.05, 0) is 44.4 Å². The van der Waals surface area contributed by atoms with Gasteiger partial charge in [0.25, 0.3) is 0 Å². The molecule has 192 valence electrons. The second-order valence-electron chi connectivity index (χ2n) is 8.25. The zero-order valence-electron chi connectivity index (χ0n) is 20.7. The van der Waals surface area contributed by atoms with Crippen molar-refractivity contribution in [3.8, 4) is 0 Å². The number of imide groups is 1. The highest BCUT2D eigenvalue weighted by Crippen LogP contribution is 2.16. The van der Waals surface area contributed by atoms with Crippen molar-refractivity contribution in [3.05, 3.63) is 34.9 Å². The van der Waals surface area contributed by atoms with Crippen molar-refractivity contribution in [2.75, 3.05) is 46.7 Å². The topological polar surface area (TPSA) is 114 Å². The van der Waals surface area contributed by atoms with Crippen LogP contribution in [0.3, 0.4) is 0 Å². The Labute approximate surface area is 202 Å². The Balaban J connectivity index is 2.35. The fourth-order valence-electron chi connectivity index (χ4n) is 3.16. The van der Waals surface area contributed by atoms with Gasteiger partial charge in [-0.2, -0.15) is 0 Å². The van der Waals surface area contributed by atoms with Crippen LogP contribution in [-0.4, -0.2) is 87.4 Å². The second-order valence-corrected chi connectivity index (χ2v) is 8.25. The third-order valence-corrected chi connectivity index (χ3v) is 5.58. The molecule has 0 aliphatic rings. The van der Waals surface area contributed by atoms with Crippen molar-refractivity contribution < 1.29 is 33.7 Å². The molecule has 0 aromatic heterocycles. The molecule has 9 heteroatoms. The molecule has 2 N–H and O–H groups in total. The lowest BCUT2D eigenvalue weighted by Gasteiger charge is -2.25. The summed E-state index contributed by atoms with van der Waals surface area (Å²) in [5.74, 6) is -0.295. The Morgan fingerprint density at radius 1 is 1.12 bits per heavy atom.